The SMILES string of the molecule is CC(C)CC(NC(=O)CNC(=O)C(N)Cc1c[nH]c2ccccc12)C(=O)NC(CC(N)=O)C(=O)O. The maximum Gasteiger partial charge on any atom is 0.326 e. The zero-order chi connectivity index (χ0) is 26.1. The summed E-state index contributed by atoms with van der Waals surface area (Å²) in [5, 5.41) is 17.3. The van der Waals surface area contributed by atoms with E-state index in [1.165, 1.54) is 0 Å². The quantitative estimate of drug-likeness (QED) is 0.189. The number of nitrogens with one attached hydrogen (secondary N) is 4. The van der Waals surface area contributed by atoms with E-state index in [1.807, 2.05) is 38.1 Å². The number of fused-ring (bicyclic) bond motifs is 1. The topological polar surface area (TPSA) is 209 Å². The van der Waals surface area contributed by atoms with Gasteiger partial charge in [-0.15, -0.1) is 0 Å². The van der Waals surface area contributed by atoms with Crippen LogP contribution in [0.3, 0.4) is 0 Å². The van der Waals surface area contributed by atoms with Crippen LogP contribution in [0.4, 0.5) is 0 Å². The molecule has 12 nitrogen and oxygen atoms in total. The average molecular weight is 489 g/mol. The second kappa shape index (κ2) is 12.5. The van der Waals surface area contributed by atoms with Gasteiger partial charge in [0.15, 0.2) is 0 Å². The van der Waals surface area contributed by atoms with E-state index in [-0.39, 0.29) is 18.8 Å². The van der Waals surface area contributed by atoms with E-state index in [9.17, 15) is 29.1 Å². The van der Waals surface area contributed by atoms with Gasteiger partial charge in [0.25, 0.3) is 0 Å². The van der Waals surface area contributed by atoms with Crippen LogP contribution in [-0.2, 0) is 30.4 Å². The Kier molecular flexibility index (Phi) is 9.76. The van der Waals surface area contributed by atoms with Crippen LogP contribution < -0.4 is 27.4 Å². The highest BCUT2D eigenvalue weighted by Crippen LogP contribution is 2.18. The lowest BCUT2D eigenvalue weighted by molar-refractivity contribution is -0.143. The molecule has 3 atom stereocenters. The van der Waals surface area contributed by atoms with E-state index in [0.717, 1.165) is 16.5 Å². The molecule has 4 amide bonds. The zero-order valence-electron chi connectivity index (χ0n) is 19.7. The molecular formula is C23H32N6O6. The molecule has 1 heterocycles. The Hall–Kier alpha value is -3.93. The van der Waals surface area contributed by atoms with Crippen LogP contribution in [-0.4, -0.2) is 64.4 Å². The lowest BCUT2D eigenvalue weighted by Gasteiger charge is -2.22. The fourth-order valence-electron chi connectivity index (χ4n) is 3.55. The molecule has 9 N–H and O–H groups in total. The molecule has 0 aliphatic heterocycles. The maximum atomic E-state index is 12.6. The summed E-state index contributed by atoms with van der Waals surface area (Å²) in [4.78, 5) is 62.9. The molecule has 0 bridgehead atoms. The molecule has 0 aliphatic rings. The van der Waals surface area contributed by atoms with Gasteiger partial charge in [0.05, 0.1) is 19.0 Å². The van der Waals surface area contributed by atoms with Crippen molar-refractivity contribution in [3.05, 3.63) is 36.0 Å². The number of hydrogen-bond acceptors (Lipinski definition) is 6. The van der Waals surface area contributed by atoms with E-state index in [2.05, 4.69) is 20.9 Å². The number of carboxylic acid groups (broad SMARTS) is 1. The molecule has 0 spiro atoms. The van der Waals surface area contributed by atoms with Crippen molar-refractivity contribution < 1.29 is 29.1 Å². The van der Waals surface area contributed by atoms with Crippen LogP contribution in [0.15, 0.2) is 30.5 Å². The number of carbonyl (C=O) groups excluding carboxylic acids is 4. The molecular weight excluding hydrogens is 456 g/mol. The first-order valence-electron chi connectivity index (χ1n) is 11.2. The molecule has 0 saturated heterocycles. The predicted octanol–water partition coefficient (Wildman–Crippen LogP) is -0.870. The van der Waals surface area contributed by atoms with Gasteiger partial charge in [0.1, 0.15) is 12.1 Å². The normalized spacial score (nSPS) is 13.6. The number of carboxylic acids is 1. The van der Waals surface area contributed by atoms with Gasteiger partial charge >= 0.3 is 5.97 Å². The van der Waals surface area contributed by atoms with Crippen LogP contribution in [0.1, 0.15) is 32.3 Å². The fourth-order valence-corrected chi connectivity index (χ4v) is 3.55. The number of amides is 4. The summed E-state index contributed by atoms with van der Waals surface area (Å²) in [5.41, 5.74) is 12.8. The summed E-state index contributed by atoms with van der Waals surface area (Å²) in [7, 11) is 0. The van der Waals surface area contributed by atoms with Crippen LogP contribution in [0.5, 0.6) is 0 Å². The standard InChI is InChI=1S/C23H32N6O6/c1-12(2)7-17(22(33)29-18(23(34)35)9-19(25)30)28-20(31)11-27-21(32)15(24)8-13-10-26-16-6-4-3-5-14(13)16/h3-6,10,12,15,17-18,26H,7-9,11,24H2,1-2H3,(H2,25,30)(H,27,32)(H,28,31)(H,29,33)(H,34,35). The second-order valence-electron chi connectivity index (χ2n) is 8.71. The molecule has 2 rings (SSSR count). The Morgan fingerprint density at radius 3 is 2.34 bits per heavy atom. The molecule has 1 aromatic heterocycles. The molecule has 12 heteroatoms. The first-order valence-corrected chi connectivity index (χ1v) is 11.2. The predicted molar refractivity (Wildman–Crippen MR) is 128 cm³/mol. The molecule has 2 aromatic rings. The van der Waals surface area contributed by atoms with Gasteiger partial charge in [-0.1, -0.05) is 32.0 Å². The number of para-hydroxylation sites is 1. The van der Waals surface area contributed by atoms with Gasteiger partial charge in [0.2, 0.25) is 23.6 Å². The van der Waals surface area contributed by atoms with Gasteiger partial charge in [0, 0.05) is 17.1 Å². The second-order valence-corrected chi connectivity index (χ2v) is 8.71. The van der Waals surface area contributed by atoms with Crippen molar-refractivity contribution >= 4 is 40.5 Å². The molecule has 1 aromatic carbocycles. The van der Waals surface area contributed by atoms with Crippen molar-refractivity contribution in [2.45, 2.75) is 51.2 Å². The number of H-pyrrole nitrogens is 1. The lowest BCUT2D eigenvalue weighted by Crippen LogP contribution is -2.54. The third-order valence-corrected chi connectivity index (χ3v) is 5.25. The molecule has 0 fully saturated rings. The lowest BCUT2D eigenvalue weighted by atomic mass is 10.0. The van der Waals surface area contributed by atoms with E-state index in [0.29, 0.717) is 0 Å². The summed E-state index contributed by atoms with van der Waals surface area (Å²) in [6.45, 7) is 3.21. The van der Waals surface area contributed by atoms with Crippen molar-refractivity contribution in [1.29, 1.82) is 0 Å². The summed E-state index contributed by atoms with van der Waals surface area (Å²) in [6.07, 6.45) is 1.65. The highest BCUT2D eigenvalue weighted by atomic mass is 16.4. The van der Waals surface area contributed by atoms with Gasteiger partial charge in [-0.2, -0.15) is 0 Å². The Morgan fingerprint density at radius 2 is 1.71 bits per heavy atom. The number of carbonyl (C=O) groups is 5. The summed E-state index contributed by atoms with van der Waals surface area (Å²) >= 11 is 0. The molecule has 0 aliphatic carbocycles. The van der Waals surface area contributed by atoms with E-state index < -0.39 is 60.7 Å². The Labute approximate surface area is 202 Å². The van der Waals surface area contributed by atoms with Gasteiger partial charge < -0.3 is 37.5 Å². The molecule has 190 valence electrons. The Morgan fingerprint density at radius 1 is 1.03 bits per heavy atom. The van der Waals surface area contributed by atoms with Crippen LogP contribution in [0.25, 0.3) is 10.9 Å². The summed E-state index contributed by atoms with van der Waals surface area (Å²) in [5.74, 6) is -4.31. The summed E-state index contributed by atoms with van der Waals surface area (Å²) < 4.78 is 0. The minimum Gasteiger partial charge on any atom is -0.480 e. The highest BCUT2D eigenvalue weighted by molar-refractivity contribution is 5.94. The zero-order valence-corrected chi connectivity index (χ0v) is 19.7. The molecule has 35 heavy (non-hydrogen) atoms. The van der Waals surface area contributed by atoms with Crippen molar-refractivity contribution in [2.24, 2.45) is 17.4 Å². The van der Waals surface area contributed by atoms with Gasteiger partial charge in [-0.25, -0.2) is 4.79 Å². The first-order chi connectivity index (χ1) is 16.5. The van der Waals surface area contributed by atoms with E-state index in [4.69, 9.17) is 11.5 Å². The van der Waals surface area contributed by atoms with Crippen molar-refractivity contribution in [2.75, 3.05) is 6.54 Å². The number of benzene rings is 1. The number of aromatic amines is 1. The van der Waals surface area contributed by atoms with E-state index in [1.54, 1.807) is 6.20 Å². The van der Waals surface area contributed by atoms with Crippen LogP contribution in [0, 0.1) is 5.92 Å². The number of aromatic nitrogens is 1. The Bertz CT molecular complexity index is 1080. The van der Waals surface area contributed by atoms with Crippen molar-refractivity contribution in [3.8, 4) is 0 Å². The van der Waals surface area contributed by atoms with Gasteiger partial charge in [-0.05, 0) is 30.4 Å². The largest absolute Gasteiger partial charge is 0.480 e. The number of rotatable bonds is 13. The number of primary amides is 1. The molecule has 3 unspecified atom stereocenters. The third kappa shape index (κ3) is 8.41. The summed E-state index contributed by atoms with van der Waals surface area (Å²) in [6, 6.07) is 4.10. The van der Waals surface area contributed by atoms with Crippen LogP contribution in [0.2, 0.25) is 0 Å². The van der Waals surface area contributed by atoms with Gasteiger partial charge in [-0.3, -0.25) is 19.2 Å². The van der Waals surface area contributed by atoms with Crippen molar-refractivity contribution in [3.63, 3.8) is 0 Å². The highest BCUT2D eigenvalue weighted by Gasteiger charge is 2.28. The van der Waals surface area contributed by atoms with Crippen LogP contribution >= 0.6 is 0 Å². The minimum absolute atomic E-state index is 0.0235. The number of nitrogens with two attached hydrogens (primary N) is 2. The minimum atomic E-state index is -1.52. The van der Waals surface area contributed by atoms with Crippen molar-refractivity contribution in [1.82, 2.24) is 20.9 Å². The first kappa shape index (κ1) is 27.3. The third-order valence-electron chi connectivity index (χ3n) is 5.25. The number of aliphatic carboxylic acids is 1. The molecule has 0 saturated carbocycles. The van der Waals surface area contributed by atoms with E-state index >= 15 is 0 Å². The maximum absolute atomic E-state index is 12.6. The fraction of sp³-hybridized carbons (Fsp3) is 0.435. The monoisotopic (exact) mass is 488 g/mol. The smallest absolute Gasteiger partial charge is 0.326 e. The average Bonchev–Trinajstić information content (AvgIpc) is 3.18. The Balaban J connectivity index is 1.92. The molecule has 0 radical (unpaired) electrons. The number of hydrogen-bond donors (Lipinski definition) is 7.